The van der Waals surface area contributed by atoms with Gasteiger partial charge in [0.2, 0.25) is 5.91 Å². The summed E-state index contributed by atoms with van der Waals surface area (Å²) in [5.74, 6) is 0.357. The van der Waals surface area contributed by atoms with E-state index in [-0.39, 0.29) is 29.7 Å². The summed E-state index contributed by atoms with van der Waals surface area (Å²) in [6.45, 7) is 8.96. The molecule has 158 valence electrons. The third-order valence-electron chi connectivity index (χ3n) is 6.17. The Kier molecular flexibility index (Phi) is 6.75. The van der Waals surface area contributed by atoms with Gasteiger partial charge >= 0.3 is 0 Å². The van der Waals surface area contributed by atoms with Crippen molar-refractivity contribution in [3.05, 3.63) is 0 Å². The predicted molar refractivity (Wildman–Crippen MR) is 108 cm³/mol. The van der Waals surface area contributed by atoms with Gasteiger partial charge in [-0.3, -0.25) is 9.59 Å². The number of sulfone groups is 1. The molecule has 0 bridgehead atoms. The van der Waals surface area contributed by atoms with E-state index in [2.05, 4.69) is 23.8 Å². The van der Waals surface area contributed by atoms with Gasteiger partial charge in [-0.15, -0.1) is 0 Å². The lowest BCUT2D eigenvalue weighted by molar-refractivity contribution is -0.134. The number of rotatable bonds is 6. The van der Waals surface area contributed by atoms with Crippen LogP contribution in [0.3, 0.4) is 0 Å². The molecule has 3 aliphatic heterocycles. The van der Waals surface area contributed by atoms with Crippen LogP contribution in [0.5, 0.6) is 0 Å². The SMILES string of the molecule is CCN(CC)CC1CCN(C(=O)C2=NN([C@H]3CCS(=O)(=O)C3)C(=O)CC2)CC1. The molecular formula is C19H32N4O4S. The van der Waals surface area contributed by atoms with E-state index in [0.717, 1.165) is 45.6 Å². The van der Waals surface area contributed by atoms with E-state index < -0.39 is 15.9 Å². The van der Waals surface area contributed by atoms with Crippen LogP contribution < -0.4 is 0 Å². The fourth-order valence-corrected chi connectivity index (χ4v) is 6.02. The van der Waals surface area contributed by atoms with Gasteiger partial charge in [-0.1, -0.05) is 13.8 Å². The van der Waals surface area contributed by atoms with Crippen LogP contribution in [0.25, 0.3) is 0 Å². The summed E-state index contributed by atoms with van der Waals surface area (Å²) in [4.78, 5) is 29.4. The van der Waals surface area contributed by atoms with Gasteiger partial charge in [0.1, 0.15) is 5.71 Å². The van der Waals surface area contributed by atoms with Crippen molar-refractivity contribution < 1.29 is 18.0 Å². The van der Waals surface area contributed by atoms with E-state index in [0.29, 0.717) is 24.5 Å². The minimum Gasteiger partial charge on any atom is -0.338 e. The van der Waals surface area contributed by atoms with Crippen LogP contribution in [-0.2, 0) is 19.4 Å². The second-order valence-corrected chi connectivity index (χ2v) is 10.3. The fraction of sp³-hybridized carbons (Fsp3) is 0.842. The lowest BCUT2D eigenvalue weighted by Gasteiger charge is -2.35. The molecule has 8 nitrogen and oxygen atoms in total. The summed E-state index contributed by atoms with van der Waals surface area (Å²) >= 11 is 0. The number of amides is 2. The average Bonchev–Trinajstić information content (AvgIpc) is 3.06. The van der Waals surface area contributed by atoms with Crippen molar-refractivity contribution in [3.8, 4) is 0 Å². The molecule has 0 aromatic carbocycles. The number of hydrogen-bond acceptors (Lipinski definition) is 6. The molecule has 0 N–H and O–H groups in total. The summed E-state index contributed by atoms with van der Waals surface area (Å²) in [7, 11) is -3.11. The van der Waals surface area contributed by atoms with Crippen molar-refractivity contribution in [2.75, 3.05) is 44.2 Å². The van der Waals surface area contributed by atoms with Crippen LogP contribution in [0.2, 0.25) is 0 Å². The number of nitrogens with zero attached hydrogens (tertiary/aromatic N) is 4. The van der Waals surface area contributed by atoms with E-state index in [1.165, 1.54) is 5.01 Å². The molecule has 2 fully saturated rings. The quantitative estimate of drug-likeness (QED) is 0.642. The number of carbonyl (C=O) groups excluding carboxylic acids is 2. The highest BCUT2D eigenvalue weighted by atomic mass is 32.2. The Morgan fingerprint density at radius 2 is 1.82 bits per heavy atom. The molecule has 0 spiro atoms. The van der Waals surface area contributed by atoms with Crippen molar-refractivity contribution >= 4 is 27.4 Å². The number of hydrazone groups is 1. The Balaban J connectivity index is 1.60. The smallest absolute Gasteiger partial charge is 0.270 e. The molecule has 0 saturated carbocycles. The maximum atomic E-state index is 12.9. The predicted octanol–water partition coefficient (Wildman–Crippen LogP) is 0.732. The summed E-state index contributed by atoms with van der Waals surface area (Å²) in [5.41, 5.74) is 0.395. The maximum absolute atomic E-state index is 12.9. The molecule has 9 heteroatoms. The van der Waals surface area contributed by atoms with Gasteiger partial charge in [-0.05, 0) is 38.3 Å². The summed E-state index contributed by atoms with van der Waals surface area (Å²) in [5, 5.41) is 5.59. The van der Waals surface area contributed by atoms with Crippen molar-refractivity contribution in [1.29, 1.82) is 0 Å². The van der Waals surface area contributed by atoms with Crippen LogP contribution in [0.15, 0.2) is 5.10 Å². The second kappa shape index (κ2) is 8.90. The van der Waals surface area contributed by atoms with Gasteiger partial charge in [0, 0.05) is 32.5 Å². The summed E-state index contributed by atoms with van der Waals surface area (Å²) in [6.07, 6.45) is 2.93. The van der Waals surface area contributed by atoms with Crippen LogP contribution >= 0.6 is 0 Å². The van der Waals surface area contributed by atoms with Gasteiger partial charge in [0.15, 0.2) is 9.84 Å². The third-order valence-corrected chi connectivity index (χ3v) is 7.92. The highest BCUT2D eigenvalue weighted by Gasteiger charge is 2.38. The average molecular weight is 413 g/mol. The van der Waals surface area contributed by atoms with E-state index in [4.69, 9.17) is 0 Å². The first-order valence-corrected chi connectivity index (χ1v) is 12.3. The molecule has 3 aliphatic rings. The highest BCUT2D eigenvalue weighted by molar-refractivity contribution is 7.91. The number of likely N-dealkylation sites (tertiary alicyclic amines) is 1. The van der Waals surface area contributed by atoms with Gasteiger partial charge < -0.3 is 9.80 Å². The Labute approximate surface area is 167 Å². The largest absolute Gasteiger partial charge is 0.338 e. The zero-order valence-corrected chi connectivity index (χ0v) is 17.8. The highest BCUT2D eigenvalue weighted by Crippen LogP contribution is 2.24. The molecule has 0 unspecified atom stereocenters. The molecule has 2 amide bonds. The van der Waals surface area contributed by atoms with E-state index in [1.807, 2.05) is 4.90 Å². The molecule has 2 saturated heterocycles. The fourth-order valence-electron chi connectivity index (χ4n) is 4.33. The number of piperidine rings is 1. The van der Waals surface area contributed by atoms with E-state index >= 15 is 0 Å². The van der Waals surface area contributed by atoms with Gasteiger partial charge in [-0.2, -0.15) is 5.10 Å². The Hall–Kier alpha value is -1.48. The normalized spacial score (nSPS) is 26.0. The minimum absolute atomic E-state index is 0.0551. The third kappa shape index (κ3) is 4.92. The van der Waals surface area contributed by atoms with Crippen molar-refractivity contribution in [2.45, 2.75) is 52.0 Å². The number of carbonyl (C=O) groups is 2. The van der Waals surface area contributed by atoms with Crippen LogP contribution in [0.1, 0.15) is 46.0 Å². The Morgan fingerprint density at radius 3 is 2.39 bits per heavy atom. The molecule has 1 atom stereocenters. The Morgan fingerprint density at radius 1 is 1.14 bits per heavy atom. The summed E-state index contributed by atoms with van der Waals surface area (Å²) < 4.78 is 23.5. The van der Waals surface area contributed by atoms with E-state index in [9.17, 15) is 18.0 Å². The Bertz CT molecular complexity index is 724. The first-order valence-electron chi connectivity index (χ1n) is 10.4. The van der Waals surface area contributed by atoms with Crippen molar-refractivity contribution in [2.24, 2.45) is 11.0 Å². The number of hydrogen-bond donors (Lipinski definition) is 0. The first-order chi connectivity index (χ1) is 13.3. The topological polar surface area (TPSA) is 90.4 Å². The lowest BCUT2D eigenvalue weighted by Crippen LogP contribution is -2.47. The minimum atomic E-state index is -3.11. The van der Waals surface area contributed by atoms with Crippen LogP contribution in [0, 0.1) is 5.92 Å². The van der Waals surface area contributed by atoms with Gasteiger partial charge in [0.05, 0.1) is 17.5 Å². The van der Waals surface area contributed by atoms with Gasteiger partial charge in [-0.25, -0.2) is 13.4 Å². The van der Waals surface area contributed by atoms with Crippen LogP contribution in [-0.4, -0.2) is 91.0 Å². The lowest BCUT2D eigenvalue weighted by atomic mass is 9.95. The molecule has 0 radical (unpaired) electrons. The summed E-state index contributed by atoms with van der Waals surface area (Å²) in [6, 6.07) is -0.430. The van der Waals surface area contributed by atoms with Crippen molar-refractivity contribution in [1.82, 2.24) is 14.8 Å². The molecular weight excluding hydrogens is 380 g/mol. The van der Waals surface area contributed by atoms with Crippen molar-refractivity contribution in [3.63, 3.8) is 0 Å². The monoisotopic (exact) mass is 412 g/mol. The zero-order chi connectivity index (χ0) is 20.3. The maximum Gasteiger partial charge on any atom is 0.270 e. The molecule has 3 heterocycles. The second-order valence-electron chi connectivity index (χ2n) is 8.06. The standard InChI is InChI=1S/C19H32N4O4S/c1-3-21(4-2)13-15-7-10-22(11-8-15)19(25)17-5-6-18(24)23(20-17)16-9-12-28(26,27)14-16/h15-16H,3-14H2,1-2H3/t16-/m0/s1. The van der Waals surface area contributed by atoms with E-state index in [1.54, 1.807) is 0 Å². The van der Waals surface area contributed by atoms with Crippen LogP contribution in [0.4, 0.5) is 0 Å². The molecule has 3 rings (SSSR count). The molecule has 0 aromatic heterocycles. The van der Waals surface area contributed by atoms with Gasteiger partial charge in [0.25, 0.3) is 5.91 Å². The molecule has 0 aliphatic carbocycles. The molecule has 0 aromatic rings. The molecule has 28 heavy (non-hydrogen) atoms. The first kappa shape index (κ1) is 21.2. The zero-order valence-electron chi connectivity index (χ0n) is 17.0.